The number of methoxy groups -OCH3 is 3. The van der Waals surface area contributed by atoms with Crippen molar-refractivity contribution < 1.29 is 23.9 Å². The summed E-state index contributed by atoms with van der Waals surface area (Å²) in [4.78, 5) is 13.8. The van der Waals surface area contributed by atoms with Gasteiger partial charge in [-0.3, -0.25) is 4.79 Å². The van der Waals surface area contributed by atoms with Crippen molar-refractivity contribution >= 4 is 5.91 Å². The second-order valence-electron chi connectivity index (χ2n) is 6.60. The molecule has 0 saturated heterocycles. The second-order valence-corrected chi connectivity index (χ2v) is 6.60. The Labute approximate surface area is 161 Å². The average molecular weight is 373 g/mol. The van der Waals surface area contributed by atoms with Crippen molar-refractivity contribution in [3.8, 4) is 17.2 Å². The van der Waals surface area contributed by atoms with Crippen LogP contribution in [0.25, 0.3) is 0 Å². The van der Waals surface area contributed by atoms with Gasteiger partial charge in [0.1, 0.15) is 6.54 Å². The molecule has 2 rings (SSSR count). The van der Waals surface area contributed by atoms with Gasteiger partial charge in [0.25, 0.3) is 0 Å². The Morgan fingerprint density at radius 3 is 2.15 bits per heavy atom. The number of hydrogen-bond donors (Lipinski definition) is 2. The van der Waals surface area contributed by atoms with Crippen LogP contribution >= 0.6 is 0 Å². The molecule has 1 amide bonds. The van der Waals surface area contributed by atoms with Crippen LogP contribution in [0, 0.1) is 0 Å². The zero-order valence-electron chi connectivity index (χ0n) is 16.7. The van der Waals surface area contributed by atoms with E-state index in [2.05, 4.69) is 31.5 Å². The molecule has 6 heteroatoms. The van der Waals surface area contributed by atoms with Crippen LogP contribution in [0.1, 0.15) is 16.7 Å². The van der Waals surface area contributed by atoms with Gasteiger partial charge >= 0.3 is 0 Å². The molecule has 0 aliphatic heterocycles. The molecule has 0 spiro atoms. The van der Waals surface area contributed by atoms with Gasteiger partial charge in [-0.05, 0) is 11.6 Å². The maximum Gasteiger partial charge on any atom is 0.224 e. The highest BCUT2D eigenvalue weighted by molar-refractivity contribution is 5.80. The molecule has 0 fully saturated rings. The molecule has 0 saturated carbocycles. The van der Waals surface area contributed by atoms with Crippen molar-refractivity contribution in [1.82, 2.24) is 5.32 Å². The summed E-state index contributed by atoms with van der Waals surface area (Å²) in [5.41, 5.74) is 3.12. The van der Waals surface area contributed by atoms with E-state index in [-0.39, 0.29) is 12.3 Å². The predicted molar refractivity (Wildman–Crippen MR) is 105 cm³/mol. The van der Waals surface area contributed by atoms with Gasteiger partial charge < -0.3 is 24.4 Å². The summed E-state index contributed by atoms with van der Waals surface area (Å²) < 4.78 is 16.1. The number of rotatable bonds is 9. The topological polar surface area (TPSA) is 61.2 Å². The Kier molecular flexibility index (Phi) is 7.49. The van der Waals surface area contributed by atoms with Gasteiger partial charge in [0.05, 0.1) is 41.8 Å². The van der Waals surface area contributed by atoms with Crippen molar-refractivity contribution in [3.63, 3.8) is 0 Å². The fourth-order valence-corrected chi connectivity index (χ4v) is 3.01. The normalized spacial score (nSPS) is 10.6. The van der Waals surface area contributed by atoms with Crippen molar-refractivity contribution in [2.45, 2.75) is 19.5 Å². The Bertz CT molecular complexity index is 775. The summed E-state index contributed by atoms with van der Waals surface area (Å²) in [6.45, 7) is 1.41. The van der Waals surface area contributed by atoms with E-state index >= 15 is 0 Å². The summed E-state index contributed by atoms with van der Waals surface area (Å²) in [7, 11) is 8.89. The highest BCUT2D eigenvalue weighted by atomic mass is 16.5. The standard InChI is InChI=1S/C21H28N2O4/c1-23(2)14-17-9-7-6-8-16(17)13-22-19(24)12-15-10-11-18(25-3)21(27-5)20(15)26-4/h6-11H,12-14H2,1-5H3,(H,22,24)/p+1. The molecule has 2 aromatic carbocycles. The molecular weight excluding hydrogens is 344 g/mol. The molecule has 2 N–H and O–H groups in total. The molecule has 0 heterocycles. The molecule has 27 heavy (non-hydrogen) atoms. The van der Waals surface area contributed by atoms with Crippen LogP contribution in [0.2, 0.25) is 0 Å². The minimum Gasteiger partial charge on any atom is -0.493 e. The quantitative estimate of drug-likeness (QED) is 0.694. The minimum atomic E-state index is -0.0764. The van der Waals surface area contributed by atoms with E-state index in [1.54, 1.807) is 27.4 Å². The lowest BCUT2D eigenvalue weighted by Gasteiger charge is -2.16. The largest absolute Gasteiger partial charge is 0.493 e. The minimum absolute atomic E-state index is 0.0764. The molecule has 2 aromatic rings. The van der Waals surface area contributed by atoms with Crippen LogP contribution in [0.15, 0.2) is 36.4 Å². The van der Waals surface area contributed by atoms with Crippen molar-refractivity contribution in [1.29, 1.82) is 0 Å². The van der Waals surface area contributed by atoms with Gasteiger partial charge in [0, 0.05) is 17.7 Å². The summed E-state index contributed by atoms with van der Waals surface area (Å²) in [6, 6.07) is 11.8. The van der Waals surface area contributed by atoms with Crippen molar-refractivity contribution in [2.75, 3.05) is 35.4 Å². The summed E-state index contributed by atoms with van der Waals surface area (Å²) in [6.07, 6.45) is 0.199. The van der Waals surface area contributed by atoms with Gasteiger partial charge in [-0.25, -0.2) is 0 Å². The van der Waals surface area contributed by atoms with Gasteiger partial charge in [0.15, 0.2) is 11.5 Å². The van der Waals surface area contributed by atoms with Crippen molar-refractivity contribution in [2.24, 2.45) is 0 Å². The lowest BCUT2D eigenvalue weighted by atomic mass is 10.1. The zero-order valence-corrected chi connectivity index (χ0v) is 16.7. The van der Waals surface area contributed by atoms with Crippen LogP contribution in [-0.2, 0) is 24.3 Å². The predicted octanol–water partition coefficient (Wildman–Crippen LogP) is 1.22. The summed E-state index contributed by atoms with van der Waals surface area (Å²) in [5.74, 6) is 1.50. The Morgan fingerprint density at radius 1 is 0.889 bits per heavy atom. The van der Waals surface area contributed by atoms with Crippen LogP contribution in [-0.4, -0.2) is 41.3 Å². The van der Waals surface area contributed by atoms with Gasteiger partial charge in [-0.15, -0.1) is 0 Å². The molecule has 0 bridgehead atoms. The smallest absolute Gasteiger partial charge is 0.224 e. The van der Waals surface area contributed by atoms with E-state index in [1.165, 1.54) is 10.5 Å². The van der Waals surface area contributed by atoms with Crippen LogP contribution < -0.4 is 24.4 Å². The molecule has 0 radical (unpaired) electrons. The molecule has 0 unspecified atom stereocenters. The number of ether oxygens (including phenoxy) is 3. The first-order valence-electron chi connectivity index (χ1n) is 8.90. The third-order valence-corrected chi connectivity index (χ3v) is 4.28. The van der Waals surface area contributed by atoms with E-state index in [9.17, 15) is 4.79 Å². The maximum absolute atomic E-state index is 12.5. The van der Waals surface area contributed by atoms with E-state index in [4.69, 9.17) is 14.2 Å². The van der Waals surface area contributed by atoms with Crippen LogP contribution in [0.4, 0.5) is 0 Å². The van der Waals surface area contributed by atoms with Crippen LogP contribution in [0.3, 0.4) is 0 Å². The highest BCUT2D eigenvalue weighted by Gasteiger charge is 2.18. The van der Waals surface area contributed by atoms with E-state index in [0.717, 1.165) is 17.7 Å². The SMILES string of the molecule is COc1ccc(CC(=O)NCc2ccccc2C[NH+](C)C)c(OC)c1OC. The lowest BCUT2D eigenvalue weighted by molar-refractivity contribution is -0.872. The first-order chi connectivity index (χ1) is 13.0. The molecule has 146 valence electrons. The first-order valence-corrected chi connectivity index (χ1v) is 8.90. The first kappa shape index (κ1) is 20.6. The van der Waals surface area contributed by atoms with E-state index < -0.39 is 0 Å². The third kappa shape index (κ3) is 5.37. The van der Waals surface area contributed by atoms with Gasteiger partial charge in [-0.1, -0.05) is 30.3 Å². The zero-order chi connectivity index (χ0) is 19.8. The van der Waals surface area contributed by atoms with Gasteiger partial charge in [-0.2, -0.15) is 0 Å². The van der Waals surface area contributed by atoms with E-state index in [1.807, 2.05) is 18.2 Å². The number of nitrogens with one attached hydrogen (secondary N) is 2. The number of carbonyl (C=O) groups is 1. The molecular formula is C21H29N2O4+. The fourth-order valence-electron chi connectivity index (χ4n) is 3.01. The monoisotopic (exact) mass is 373 g/mol. The average Bonchev–Trinajstić information content (AvgIpc) is 2.66. The third-order valence-electron chi connectivity index (χ3n) is 4.28. The van der Waals surface area contributed by atoms with E-state index in [0.29, 0.717) is 23.8 Å². The van der Waals surface area contributed by atoms with Crippen molar-refractivity contribution in [3.05, 3.63) is 53.1 Å². The number of carbonyl (C=O) groups excluding carboxylic acids is 1. The highest BCUT2D eigenvalue weighted by Crippen LogP contribution is 2.39. The number of quaternary nitrogens is 1. The Hall–Kier alpha value is -2.73. The summed E-state index contributed by atoms with van der Waals surface area (Å²) >= 11 is 0. The molecule has 0 aliphatic rings. The van der Waals surface area contributed by atoms with Gasteiger partial charge in [0.2, 0.25) is 11.7 Å². The Balaban J connectivity index is 2.09. The lowest BCUT2D eigenvalue weighted by Crippen LogP contribution is -3.04. The Morgan fingerprint density at radius 2 is 1.56 bits per heavy atom. The fraction of sp³-hybridized carbons (Fsp3) is 0.381. The number of hydrogen-bond acceptors (Lipinski definition) is 4. The number of amides is 1. The summed E-state index contributed by atoms with van der Waals surface area (Å²) in [5, 5.41) is 3.00. The maximum atomic E-state index is 12.5. The molecule has 0 atom stereocenters. The van der Waals surface area contributed by atoms with Crippen LogP contribution in [0.5, 0.6) is 17.2 Å². The molecule has 6 nitrogen and oxygen atoms in total. The second kappa shape index (κ2) is 9.83. The number of benzene rings is 2. The molecule has 0 aromatic heterocycles. The molecule has 0 aliphatic carbocycles.